The summed E-state index contributed by atoms with van der Waals surface area (Å²) in [5.41, 5.74) is 2.65. The fourth-order valence-electron chi connectivity index (χ4n) is 2.57. The number of hydrogen-bond acceptors (Lipinski definition) is 3. The molecule has 0 aliphatic rings. The number of carbonyl (C=O) groups excluding carboxylic acids is 1. The van der Waals surface area contributed by atoms with E-state index < -0.39 is 5.41 Å². The average molecular weight is 375 g/mol. The largest absolute Gasteiger partial charge is 0.337 e. The molecule has 0 aliphatic carbocycles. The third kappa shape index (κ3) is 3.70. The van der Waals surface area contributed by atoms with Crippen LogP contribution in [-0.2, 0) is 11.3 Å². The highest BCUT2D eigenvalue weighted by Gasteiger charge is 2.23. The van der Waals surface area contributed by atoms with Gasteiger partial charge in [0.15, 0.2) is 5.15 Å². The van der Waals surface area contributed by atoms with E-state index in [2.05, 4.69) is 15.3 Å². The van der Waals surface area contributed by atoms with Crippen LogP contribution in [-0.4, -0.2) is 20.4 Å². The van der Waals surface area contributed by atoms with Gasteiger partial charge in [0.2, 0.25) is 11.9 Å². The zero-order valence-corrected chi connectivity index (χ0v) is 15.9. The van der Waals surface area contributed by atoms with Gasteiger partial charge in [-0.3, -0.25) is 10.1 Å². The van der Waals surface area contributed by atoms with Crippen LogP contribution in [0.3, 0.4) is 0 Å². The molecule has 0 bridgehead atoms. The number of aryl methyl sites for hydroxylation is 1. The Morgan fingerprint density at radius 2 is 1.88 bits per heavy atom. The van der Waals surface area contributed by atoms with E-state index in [1.54, 1.807) is 12.1 Å². The fraction of sp³-hybridized carbons (Fsp3) is 0.316. The van der Waals surface area contributed by atoms with Gasteiger partial charge in [-0.05, 0) is 30.7 Å². The van der Waals surface area contributed by atoms with Crippen molar-refractivity contribution in [1.29, 1.82) is 0 Å². The van der Waals surface area contributed by atoms with E-state index in [4.69, 9.17) is 11.6 Å². The third-order valence-electron chi connectivity index (χ3n) is 4.07. The number of nitrogens with zero attached hydrogens (tertiary/aromatic N) is 3. The van der Waals surface area contributed by atoms with Crippen LogP contribution in [0.15, 0.2) is 30.3 Å². The van der Waals surface area contributed by atoms with E-state index >= 15 is 0 Å². The lowest BCUT2D eigenvalue weighted by atomic mass is 9.96. The first kappa shape index (κ1) is 18.3. The highest BCUT2D eigenvalue weighted by molar-refractivity contribution is 6.33. The molecule has 0 atom stereocenters. The molecule has 5 nitrogen and oxygen atoms in total. The summed E-state index contributed by atoms with van der Waals surface area (Å²) >= 11 is 6.39. The first-order valence-electron chi connectivity index (χ1n) is 8.24. The molecule has 0 radical (unpaired) electrons. The summed E-state index contributed by atoms with van der Waals surface area (Å²) in [7, 11) is 0. The normalized spacial score (nSPS) is 11.8. The lowest BCUT2D eigenvalue weighted by Crippen LogP contribution is -2.28. The van der Waals surface area contributed by atoms with Crippen LogP contribution in [0, 0.1) is 18.2 Å². The van der Waals surface area contributed by atoms with E-state index in [9.17, 15) is 9.18 Å². The maximum absolute atomic E-state index is 13.1. The first-order valence-corrected chi connectivity index (χ1v) is 8.62. The number of nitrogens with one attached hydrogen (secondary N) is 1. The van der Waals surface area contributed by atoms with Crippen LogP contribution >= 0.6 is 11.6 Å². The number of rotatable bonds is 3. The lowest BCUT2D eigenvalue weighted by molar-refractivity contribution is -0.123. The molecule has 0 aliphatic heterocycles. The minimum atomic E-state index is -0.560. The van der Waals surface area contributed by atoms with E-state index in [0.717, 1.165) is 11.3 Å². The highest BCUT2D eigenvalue weighted by Crippen LogP contribution is 2.27. The number of carbonyl (C=O) groups is 1. The molecule has 1 N–H and O–H groups in total. The van der Waals surface area contributed by atoms with Gasteiger partial charge in [0, 0.05) is 17.7 Å². The number of amides is 1. The Hall–Kier alpha value is -2.47. The van der Waals surface area contributed by atoms with E-state index in [1.807, 2.05) is 38.3 Å². The van der Waals surface area contributed by atoms with Gasteiger partial charge in [-0.25, -0.2) is 9.37 Å². The van der Waals surface area contributed by atoms with Gasteiger partial charge < -0.3 is 4.57 Å². The van der Waals surface area contributed by atoms with Gasteiger partial charge in [0.25, 0.3) is 0 Å². The Labute approximate surface area is 156 Å². The molecule has 3 rings (SSSR count). The van der Waals surface area contributed by atoms with Crippen LogP contribution in [0.2, 0.25) is 5.15 Å². The molecule has 136 valence electrons. The number of fused-ring (bicyclic) bond motifs is 1. The maximum Gasteiger partial charge on any atom is 0.232 e. The maximum atomic E-state index is 13.1. The molecular weight excluding hydrogens is 355 g/mol. The van der Waals surface area contributed by atoms with Crippen LogP contribution in [0.4, 0.5) is 10.3 Å². The molecule has 0 spiro atoms. The number of benzene rings is 1. The van der Waals surface area contributed by atoms with Crippen molar-refractivity contribution < 1.29 is 9.18 Å². The van der Waals surface area contributed by atoms with E-state index in [1.165, 1.54) is 12.1 Å². The molecule has 1 aromatic carbocycles. The van der Waals surface area contributed by atoms with Crippen LogP contribution in [0.1, 0.15) is 32.0 Å². The summed E-state index contributed by atoms with van der Waals surface area (Å²) in [4.78, 5) is 20.8. The molecule has 2 aromatic heterocycles. The Kier molecular flexibility index (Phi) is 4.71. The topological polar surface area (TPSA) is 59.8 Å². The van der Waals surface area contributed by atoms with E-state index in [-0.39, 0.29) is 22.8 Å². The Bertz CT molecular complexity index is 974. The van der Waals surface area contributed by atoms with Gasteiger partial charge in [-0.15, -0.1) is 0 Å². The summed E-state index contributed by atoms with van der Waals surface area (Å²) in [6.07, 6.45) is 0. The molecule has 0 saturated carbocycles. The molecule has 0 saturated heterocycles. The van der Waals surface area contributed by atoms with E-state index in [0.29, 0.717) is 17.6 Å². The Morgan fingerprint density at radius 1 is 1.23 bits per heavy atom. The summed E-state index contributed by atoms with van der Waals surface area (Å²) < 4.78 is 15.1. The number of anilines is 1. The molecule has 3 aromatic rings. The van der Waals surface area contributed by atoms with Crippen molar-refractivity contribution in [1.82, 2.24) is 14.5 Å². The van der Waals surface area contributed by atoms with Crippen LogP contribution in [0.5, 0.6) is 0 Å². The van der Waals surface area contributed by atoms with Gasteiger partial charge >= 0.3 is 0 Å². The zero-order valence-electron chi connectivity index (χ0n) is 15.1. The van der Waals surface area contributed by atoms with Crippen molar-refractivity contribution in [2.45, 2.75) is 34.2 Å². The van der Waals surface area contributed by atoms with Crippen molar-refractivity contribution in [3.05, 3.63) is 52.6 Å². The molecular formula is C19H20ClFN4O. The fourth-order valence-corrected chi connectivity index (χ4v) is 2.85. The smallest absolute Gasteiger partial charge is 0.232 e. The number of halogens is 2. The van der Waals surface area contributed by atoms with Crippen molar-refractivity contribution >= 4 is 34.5 Å². The molecule has 2 heterocycles. The van der Waals surface area contributed by atoms with Crippen molar-refractivity contribution in [2.75, 3.05) is 5.32 Å². The number of hydrogen-bond donors (Lipinski definition) is 1. The van der Waals surface area contributed by atoms with Crippen molar-refractivity contribution in [3.8, 4) is 0 Å². The highest BCUT2D eigenvalue weighted by atomic mass is 35.5. The molecule has 0 unspecified atom stereocenters. The lowest BCUT2D eigenvalue weighted by Gasteiger charge is -2.16. The molecule has 7 heteroatoms. The summed E-state index contributed by atoms with van der Waals surface area (Å²) in [5.74, 6) is -0.278. The van der Waals surface area contributed by atoms with Crippen molar-refractivity contribution in [2.24, 2.45) is 5.41 Å². The summed E-state index contributed by atoms with van der Waals surface area (Å²) in [5, 5.41) is 2.96. The SMILES string of the molecule is Cc1cc2nc(NC(=O)C(C)(C)C)nc(Cl)c2n1Cc1ccc(F)cc1. The van der Waals surface area contributed by atoms with Gasteiger partial charge in [-0.2, -0.15) is 4.98 Å². The second-order valence-electron chi connectivity index (χ2n) is 7.27. The number of aromatic nitrogens is 3. The zero-order chi connectivity index (χ0) is 19.1. The Morgan fingerprint density at radius 3 is 2.50 bits per heavy atom. The standard InChI is InChI=1S/C19H20ClFN4O/c1-11-9-14-15(25(11)10-12-5-7-13(21)8-6-12)16(20)23-18(22-14)24-17(26)19(2,3)4/h5-9H,10H2,1-4H3,(H,22,23,24,26). The summed E-state index contributed by atoms with van der Waals surface area (Å²) in [6, 6.07) is 8.20. The minimum Gasteiger partial charge on any atom is -0.337 e. The second kappa shape index (κ2) is 6.68. The minimum absolute atomic E-state index is 0.182. The molecule has 0 fully saturated rings. The van der Waals surface area contributed by atoms with Gasteiger partial charge in [0.05, 0.1) is 5.52 Å². The predicted octanol–water partition coefficient (Wildman–Crippen LogP) is 4.57. The van der Waals surface area contributed by atoms with Crippen LogP contribution < -0.4 is 5.32 Å². The van der Waals surface area contributed by atoms with Gasteiger partial charge in [-0.1, -0.05) is 44.5 Å². The van der Waals surface area contributed by atoms with Crippen molar-refractivity contribution in [3.63, 3.8) is 0 Å². The quantitative estimate of drug-likeness (QED) is 0.683. The monoisotopic (exact) mass is 374 g/mol. The van der Waals surface area contributed by atoms with Crippen LogP contribution in [0.25, 0.3) is 11.0 Å². The summed E-state index contributed by atoms with van der Waals surface area (Å²) in [6.45, 7) is 7.89. The Balaban J connectivity index is 1.98. The first-order chi connectivity index (χ1) is 12.1. The van der Waals surface area contributed by atoms with Gasteiger partial charge in [0.1, 0.15) is 11.3 Å². The average Bonchev–Trinajstić information content (AvgIpc) is 2.84. The second-order valence-corrected chi connectivity index (χ2v) is 7.63. The molecule has 26 heavy (non-hydrogen) atoms. The predicted molar refractivity (Wildman–Crippen MR) is 101 cm³/mol. The third-order valence-corrected chi connectivity index (χ3v) is 4.33. The molecule has 1 amide bonds.